The van der Waals surface area contributed by atoms with Gasteiger partial charge in [-0.25, -0.2) is 8.78 Å². The molecule has 0 saturated carbocycles. The molecule has 0 bridgehead atoms. The number of ether oxygens (including phenoxy) is 1. The van der Waals surface area contributed by atoms with Gasteiger partial charge in [0.15, 0.2) is 0 Å². The first-order valence-electron chi connectivity index (χ1n) is 7.38. The summed E-state index contributed by atoms with van der Waals surface area (Å²) in [6.07, 6.45) is 0.145. The molecule has 0 radical (unpaired) electrons. The van der Waals surface area contributed by atoms with Crippen molar-refractivity contribution in [2.24, 2.45) is 5.92 Å². The van der Waals surface area contributed by atoms with Gasteiger partial charge < -0.3 is 9.64 Å². The van der Waals surface area contributed by atoms with Gasteiger partial charge in [-0.15, -0.1) is 0 Å². The first kappa shape index (κ1) is 17.3. The van der Waals surface area contributed by atoms with E-state index in [1.54, 1.807) is 4.90 Å². The number of amides is 1. The molecule has 0 spiro atoms. The highest BCUT2D eigenvalue weighted by Gasteiger charge is 2.37. The third-order valence-corrected chi connectivity index (χ3v) is 3.34. The lowest BCUT2D eigenvalue weighted by molar-refractivity contribution is -0.131. The Labute approximate surface area is 119 Å². The van der Waals surface area contributed by atoms with Crippen molar-refractivity contribution in [3.05, 3.63) is 0 Å². The summed E-state index contributed by atoms with van der Waals surface area (Å²) in [6.45, 7) is 6.21. The van der Waals surface area contributed by atoms with Gasteiger partial charge in [0, 0.05) is 6.54 Å². The Balaban J connectivity index is 2.50. The number of nitrogens with zero attached hydrogens (tertiary/aromatic N) is 1. The summed E-state index contributed by atoms with van der Waals surface area (Å²) < 4.78 is 28.9. The van der Waals surface area contributed by atoms with Crippen LogP contribution in [0, 0.1) is 5.92 Å². The molecular weight excluding hydrogens is 266 g/mol. The third-order valence-electron chi connectivity index (χ3n) is 3.34. The maximum atomic E-state index is 12.3. The zero-order valence-corrected chi connectivity index (χ0v) is 12.6. The van der Waals surface area contributed by atoms with Crippen LogP contribution in [0.5, 0.6) is 0 Å². The van der Waals surface area contributed by atoms with Crippen molar-refractivity contribution in [3.8, 4) is 0 Å². The van der Waals surface area contributed by atoms with Gasteiger partial charge >= 0.3 is 0 Å². The molecule has 20 heavy (non-hydrogen) atoms. The lowest BCUT2D eigenvalue weighted by Crippen LogP contribution is -2.40. The van der Waals surface area contributed by atoms with E-state index in [-0.39, 0.29) is 24.7 Å². The fraction of sp³-hybridized carbons (Fsp3) is 0.929. The molecule has 2 unspecified atom stereocenters. The Morgan fingerprint density at radius 1 is 1.40 bits per heavy atom. The fourth-order valence-electron chi connectivity index (χ4n) is 2.49. The Morgan fingerprint density at radius 3 is 2.65 bits per heavy atom. The highest BCUT2D eigenvalue weighted by molar-refractivity contribution is 5.84. The molecule has 1 aliphatic rings. The van der Waals surface area contributed by atoms with Crippen LogP contribution in [0.1, 0.15) is 40.0 Å². The van der Waals surface area contributed by atoms with Gasteiger partial charge in [0.1, 0.15) is 6.61 Å². The van der Waals surface area contributed by atoms with Gasteiger partial charge in [0.05, 0.1) is 18.8 Å². The van der Waals surface area contributed by atoms with Crippen LogP contribution in [0.2, 0.25) is 0 Å². The second kappa shape index (κ2) is 8.52. The smallest absolute Gasteiger partial charge is 0.261 e. The summed E-state index contributed by atoms with van der Waals surface area (Å²) in [5.74, 6) is 0.531. The zero-order valence-electron chi connectivity index (χ0n) is 12.6. The van der Waals surface area contributed by atoms with E-state index in [0.717, 1.165) is 19.3 Å². The monoisotopic (exact) mass is 292 g/mol. The molecule has 2 atom stereocenters. The molecule has 1 rings (SSSR count). The Morgan fingerprint density at radius 2 is 2.10 bits per heavy atom. The van der Waals surface area contributed by atoms with E-state index >= 15 is 0 Å². The van der Waals surface area contributed by atoms with Crippen molar-refractivity contribution in [1.29, 1.82) is 0 Å². The van der Waals surface area contributed by atoms with Crippen LogP contribution in [-0.2, 0) is 9.53 Å². The third kappa shape index (κ3) is 5.32. The summed E-state index contributed by atoms with van der Waals surface area (Å²) >= 11 is 0. The number of carbonyl (C=O) groups is 1. The highest BCUT2D eigenvalue weighted by atomic mass is 19.3. The molecule has 1 amide bonds. The molecular formula is C14H26F2N2O2. The fourth-order valence-corrected chi connectivity index (χ4v) is 2.49. The molecule has 1 fully saturated rings. The van der Waals surface area contributed by atoms with E-state index in [9.17, 15) is 13.6 Å². The van der Waals surface area contributed by atoms with Crippen LogP contribution in [-0.4, -0.2) is 49.2 Å². The number of rotatable bonds is 9. The van der Waals surface area contributed by atoms with E-state index < -0.39 is 13.0 Å². The SMILES string of the molecule is CCCC1NC(CC(C)C)N(CCOCC(F)F)C1=O. The van der Waals surface area contributed by atoms with E-state index in [4.69, 9.17) is 4.74 Å². The summed E-state index contributed by atoms with van der Waals surface area (Å²) in [6, 6.07) is -0.140. The normalized spacial score (nSPS) is 23.4. The largest absolute Gasteiger partial charge is 0.374 e. The number of nitrogens with one attached hydrogen (secondary N) is 1. The molecule has 1 aliphatic heterocycles. The number of hydrogen-bond acceptors (Lipinski definition) is 3. The number of halogens is 2. The maximum Gasteiger partial charge on any atom is 0.261 e. The summed E-state index contributed by atoms with van der Waals surface area (Å²) in [5, 5.41) is 3.35. The van der Waals surface area contributed by atoms with Crippen LogP contribution in [0.15, 0.2) is 0 Å². The van der Waals surface area contributed by atoms with Crippen molar-refractivity contribution in [3.63, 3.8) is 0 Å². The standard InChI is InChI=1S/C14H26F2N2O2/c1-4-5-11-14(19)18(6-7-20-9-12(15)16)13(17-11)8-10(2)3/h10-13,17H,4-9H2,1-3H3. The minimum atomic E-state index is -2.46. The molecule has 0 aromatic heterocycles. The van der Waals surface area contributed by atoms with Gasteiger partial charge in [-0.05, 0) is 18.8 Å². The topological polar surface area (TPSA) is 41.6 Å². The first-order valence-corrected chi connectivity index (χ1v) is 7.38. The second-order valence-corrected chi connectivity index (χ2v) is 5.65. The van der Waals surface area contributed by atoms with Crippen molar-refractivity contribution in [1.82, 2.24) is 10.2 Å². The lowest BCUT2D eigenvalue weighted by Gasteiger charge is -2.25. The van der Waals surface area contributed by atoms with Crippen molar-refractivity contribution >= 4 is 5.91 Å². The van der Waals surface area contributed by atoms with E-state index in [0.29, 0.717) is 12.5 Å². The van der Waals surface area contributed by atoms with Gasteiger partial charge in [0.25, 0.3) is 6.43 Å². The summed E-state index contributed by atoms with van der Waals surface area (Å²) in [4.78, 5) is 14.0. The van der Waals surface area contributed by atoms with Crippen LogP contribution in [0.25, 0.3) is 0 Å². The van der Waals surface area contributed by atoms with Crippen molar-refractivity contribution in [2.45, 2.75) is 58.7 Å². The van der Waals surface area contributed by atoms with Gasteiger partial charge in [-0.3, -0.25) is 10.1 Å². The van der Waals surface area contributed by atoms with Gasteiger partial charge in [-0.1, -0.05) is 27.2 Å². The van der Waals surface area contributed by atoms with E-state index in [2.05, 4.69) is 19.2 Å². The quantitative estimate of drug-likeness (QED) is 0.663. The summed E-state index contributed by atoms with van der Waals surface area (Å²) in [5.41, 5.74) is 0. The Bertz CT molecular complexity index is 301. The van der Waals surface area contributed by atoms with Crippen LogP contribution in [0.4, 0.5) is 8.78 Å². The maximum absolute atomic E-state index is 12.3. The second-order valence-electron chi connectivity index (χ2n) is 5.65. The van der Waals surface area contributed by atoms with Crippen LogP contribution < -0.4 is 5.32 Å². The summed E-state index contributed by atoms with van der Waals surface area (Å²) in [7, 11) is 0. The van der Waals surface area contributed by atoms with Crippen molar-refractivity contribution in [2.75, 3.05) is 19.8 Å². The molecule has 0 aromatic rings. The molecule has 1 saturated heterocycles. The van der Waals surface area contributed by atoms with Gasteiger partial charge in [0.2, 0.25) is 5.91 Å². The minimum absolute atomic E-state index is 0.00537. The molecule has 1 heterocycles. The van der Waals surface area contributed by atoms with Crippen molar-refractivity contribution < 1.29 is 18.3 Å². The minimum Gasteiger partial charge on any atom is -0.374 e. The predicted molar refractivity (Wildman–Crippen MR) is 73.6 cm³/mol. The molecule has 4 nitrogen and oxygen atoms in total. The molecule has 118 valence electrons. The van der Waals surface area contributed by atoms with Gasteiger partial charge in [-0.2, -0.15) is 0 Å². The average Bonchev–Trinajstić information content (AvgIpc) is 2.62. The van der Waals surface area contributed by atoms with Crippen LogP contribution in [0.3, 0.4) is 0 Å². The number of alkyl halides is 2. The lowest BCUT2D eigenvalue weighted by atomic mass is 10.1. The average molecular weight is 292 g/mol. The Kier molecular flexibility index (Phi) is 7.37. The highest BCUT2D eigenvalue weighted by Crippen LogP contribution is 2.19. The first-order chi connectivity index (χ1) is 9.45. The number of carbonyl (C=O) groups excluding carboxylic acids is 1. The molecule has 6 heteroatoms. The number of hydrogen-bond donors (Lipinski definition) is 1. The van der Waals surface area contributed by atoms with E-state index in [1.165, 1.54) is 0 Å². The van der Waals surface area contributed by atoms with E-state index in [1.807, 2.05) is 6.92 Å². The molecule has 1 N–H and O–H groups in total. The molecule has 0 aromatic carbocycles. The predicted octanol–water partition coefficient (Wildman–Crippen LogP) is 2.24. The zero-order chi connectivity index (χ0) is 15.1. The Hall–Kier alpha value is -0.750. The molecule has 0 aliphatic carbocycles. The van der Waals surface area contributed by atoms with Crippen LogP contribution >= 0.6 is 0 Å².